The second kappa shape index (κ2) is 7.94. The molecule has 0 saturated heterocycles. The monoisotopic (exact) mass is 455 g/mol. The number of pyridine rings is 1. The van der Waals surface area contributed by atoms with Crippen LogP contribution in [0.3, 0.4) is 0 Å². The summed E-state index contributed by atoms with van der Waals surface area (Å²) in [7, 11) is 3.24. The summed E-state index contributed by atoms with van der Waals surface area (Å²) in [6.07, 6.45) is 3.71. The molecule has 0 unspecified atom stereocenters. The molecular formula is C23H19Cl2N3O3. The van der Waals surface area contributed by atoms with Gasteiger partial charge in [0.2, 0.25) is 6.23 Å². The first-order valence-electron chi connectivity index (χ1n) is 9.72. The third-order valence-electron chi connectivity index (χ3n) is 5.52. The number of ether oxygens (including phenoxy) is 3. The van der Waals surface area contributed by atoms with Crippen molar-refractivity contribution in [1.82, 2.24) is 9.99 Å². The van der Waals surface area contributed by atoms with E-state index in [4.69, 9.17) is 42.5 Å². The van der Waals surface area contributed by atoms with E-state index < -0.39 is 6.23 Å². The van der Waals surface area contributed by atoms with E-state index in [1.165, 1.54) is 0 Å². The Labute approximate surface area is 190 Å². The van der Waals surface area contributed by atoms with Crippen molar-refractivity contribution in [3.63, 3.8) is 0 Å². The fourth-order valence-electron chi connectivity index (χ4n) is 4.05. The van der Waals surface area contributed by atoms with E-state index in [9.17, 15) is 0 Å². The summed E-state index contributed by atoms with van der Waals surface area (Å²) in [5.74, 6) is 1.96. The van der Waals surface area contributed by atoms with E-state index in [0.717, 1.165) is 22.4 Å². The summed E-state index contributed by atoms with van der Waals surface area (Å²) in [5.41, 5.74) is 3.73. The van der Waals surface area contributed by atoms with Crippen LogP contribution in [0.15, 0.2) is 60.0 Å². The highest BCUT2D eigenvalue weighted by Crippen LogP contribution is 2.50. The molecule has 1 aromatic heterocycles. The molecule has 2 aliphatic rings. The molecule has 0 fully saturated rings. The number of benzene rings is 2. The van der Waals surface area contributed by atoms with Crippen molar-refractivity contribution < 1.29 is 14.2 Å². The van der Waals surface area contributed by atoms with Gasteiger partial charge in [0.1, 0.15) is 5.75 Å². The molecule has 0 amide bonds. The fourth-order valence-corrected chi connectivity index (χ4v) is 4.61. The molecule has 2 aromatic carbocycles. The molecule has 31 heavy (non-hydrogen) atoms. The Kier molecular flexibility index (Phi) is 5.12. The van der Waals surface area contributed by atoms with Gasteiger partial charge in [0.15, 0.2) is 11.5 Å². The van der Waals surface area contributed by atoms with Gasteiger partial charge in [-0.1, -0.05) is 23.2 Å². The van der Waals surface area contributed by atoms with Crippen LogP contribution >= 0.6 is 23.2 Å². The lowest BCUT2D eigenvalue weighted by atomic mass is 9.95. The van der Waals surface area contributed by atoms with Crippen LogP contribution in [0.1, 0.15) is 35.4 Å². The summed E-state index contributed by atoms with van der Waals surface area (Å²) >= 11 is 12.8. The molecule has 0 aliphatic carbocycles. The minimum Gasteiger partial charge on any atom is -0.493 e. The van der Waals surface area contributed by atoms with E-state index in [-0.39, 0.29) is 6.04 Å². The minimum atomic E-state index is -0.434. The number of aromatic nitrogens is 1. The van der Waals surface area contributed by atoms with Gasteiger partial charge in [-0.15, -0.1) is 0 Å². The Bertz CT molecular complexity index is 1170. The average Bonchev–Trinajstić information content (AvgIpc) is 3.24. The molecule has 3 heterocycles. The first kappa shape index (κ1) is 20.0. The number of fused-ring (bicyclic) bond motifs is 3. The lowest BCUT2D eigenvalue weighted by Gasteiger charge is -2.38. The highest BCUT2D eigenvalue weighted by Gasteiger charge is 2.42. The topological polar surface area (TPSA) is 56.2 Å². The lowest BCUT2D eigenvalue weighted by Crippen LogP contribution is -2.33. The zero-order valence-corrected chi connectivity index (χ0v) is 18.4. The lowest BCUT2D eigenvalue weighted by molar-refractivity contribution is -0.0189. The molecule has 6 nitrogen and oxygen atoms in total. The number of halogens is 2. The molecular weight excluding hydrogens is 437 g/mol. The van der Waals surface area contributed by atoms with Gasteiger partial charge in [-0.05, 0) is 42.5 Å². The van der Waals surface area contributed by atoms with Crippen LogP contribution in [0.5, 0.6) is 17.2 Å². The van der Waals surface area contributed by atoms with E-state index in [0.29, 0.717) is 33.7 Å². The number of nitrogens with zero attached hydrogens (tertiary/aromatic N) is 3. The van der Waals surface area contributed by atoms with E-state index in [1.54, 1.807) is 32.7 Å². The Hall–Kier alpha value is -2.96. The van der Waals surface area contributed by atoms with Gasteiger partial charge in [0.25, 0.3) is 0 Å². The second-order valence-corrected chi connectivity index (χ2v) is 8.12. The smallest absolute Gasteiger partial charge is 0.214 e. The SMILES string of the molecule is COc1ccc(C2=NN3[C@@H](C2)c2cc(Cl)cc(Cl)c2O[C@H]3c2ccncc2)cc1OC. The van der Waals surface area contributed by atoms with Crippen LogP contribution in [-0.4, -0.2) is 29.9 Å². The molecule has 0 bridgehead atoms. The highest BCUT2D eigenvalue weighted by molar-refractivity contribution is 6.35. The largest absolute Gasteiger partial charge is 0.493 e. The summed E-state index contributed by atoms with van der Waals surface area (Å²) in [5, 5.41) is 7.97. The Morgan fingerprint density at radius 3 is 2.52 bits per heavy atom. The van der Waals surface area contributed by atoms with E-state index in [2.05, 4.69) is 4.98 Å². The van der Waals surface area contributed by atoms with Gasteiger partial charge in [-0.3, -0.25) is 4.98 Å². The van der Waals surface area contributed by atoms with Crippen LogP contribution in [0.25, 0.3) is 0 Å². The molecule has 2 atom stereocenters. The number of methoxy groups -OCH3 is 2. The molecule has 0 saturated carbocycles. The van der Waals surface area contributed by atoms with Crippen molar-refractivity contribution in [3.05, 3.63) is 81.6 Å². The van der Waals surface area contributed by atoms with Crippen LogP contribution in [0.4, 0.5) is 0 Å². The molecule has 0 N–H and O–H groups in total. The number of rotatable bonds is 4. The zero-order valence-electron chi connectivity index (χ0n) is 16.9. The molecule has 158 valence electrons. The Balaban J connectivity index is 1.61. The van der Waals surface area contributed by atoms with Crippen molar-refractivity contribution >= 4 is 28.9 Å². The molecule has 2 aliphatic heterocycles. The Morgan fingerprint density at radius 1 is 1.00 bits per heavy atom. The maximum Gasteiger partial charge on any atom is 0.214 e. The van der Waals surface area contributed by atoms with Crippen LogP contribution < -0.4 is 14.2 Å². The third-order valence-corrected chi connectivity index (χ3v) is 6.02. The first-order chi connectivity index (χ1) is 15.1. The summed E-state index contributed by atoms with van der Waals surface area (Å²) < 4.78 is 17.2. The maximum atomic E-state index is 6.51. The molecule has 0 spiro atoms. The number of hydrogen-bond donors (Lipinski definition) is 0. The molecule has 3 aromatic rings. The van der Waals surface area contributed by atoms with E-state index in [1.807, 2.05) is 41.4 Å². The van der Waals surface area contributed by atoms with Crippen molar-refractivity contribution in [2.75, 3.05) is 14.2 Å². The quantitative estimate of drug-likeness (QED) is 0.508. The normalized spacial score (nSPS) is 19.2. The van der Waals surface area contributed by atoms with Gasteiger partial charge >= 0.3 is 0 Å². The van der Waals surface area contributed by atoms with Crippen molar-refractivity contribution in [3.8, 4) is 17.2 Å². The molecule has 8 heteroatoms. The summed E-state index contributed by atoms with van der Waals surface area (Å²) in [6, 6.07) is 13.2. The highest BCUT2D eigenvalue weighted by atomic mass is 35.5. The molecule has 5 rings (SSSR count). The van der Waals surface area contributed by atoms with Crippen LogP contribution in [-0.2, 0) is 0 Å². The zero-order chi connectivity index (χ0) is 21.5. The predicted molar refractivity (Wildman–Crippen MR) is 119 cm³/mol. The van der Waals surface area contributed by atoms with E-state index >= 15 is 0 Å². The third kappa shape index (κ3) is 3.46. The second-order valence-electron chi connectivity index (χ2n) is 7.27. The average molecular weight is 456 g/mol. The first-order valence-corrected chi connectivity index (χ1v) is 10.5. The fraction of sp³-hybridized carbons (Fsp3) is 0.217. The van der Waals surface area contributed by atoms with Crippen molar-refractivity contribution in [2.45, 2.75) is 18.7 Å². The van der Waals surface area contributed by atoms with Gasteiger partial charge in [0, 0.05) is 40.5 Å². The van der Waals surface area contributed by atoms with Crippen LogP contribution in [0, 0.1) is 0 Å². The predicted octanol–water partition coefficient (Wildman–Crippen LogP) is 5.65. The number of hydrogen-bond acceptors (Lipinski definition) is 6. The standard InChI is InChI=1S/C23H19Cl2N3O3/c1-29-20-4-3-14(9-21(20)30-2)18-12-19-16-10-15(24)11-17(25)22(16)31-23(28(19)27-18)13-5-7-26-8-6-13/h3-11,19,23H,12H2,1-2H3/t19-,23-/m0/s1. The minimum absolute atomic E-state index is 0.0683. The van der Waals surface area contributed by atoms with Crippen molar-refractivity contribution in [1.29, 1.82) is 0 Å². The van der Waals surface area contributed by atoms with Gasteiger partial charge in [-0.2, -0.15) is 5.10 Å². The maximum absolute atomic E-state index is 6.51. The summed E-state index contributed by atoms with van der Waals surface area (Å²) in [6.45, 7) is 0. The Morgan fingerprint density at radius 2 is 1.77 bits per heavy atom. The van der Waals surface area contributed by atoms with Gasteiger partial charge in [0.05, 0.1) is 31.0 Å². The van der Waals surface area contributed by atoms with Gasteiger partial charge < -0.3 is 14.2 Å². The van der Waals surface area contributed by atoms with Crippen molar-refractivity contribution in [2.24, 2.45) is 5.10 Å². The van der Waals surface area contributed by atoms with Gasteiger partial charge in [-0.25, -0.2) is 5.01 Å². The molecule has 0 radical (unpaired) electrons. The summed E-state index contributed by atoms with van der Waals surface area (Å²) in [4.78, 5) is 4.12. The number of hydrazone groups is 1. The van der Waals surface area contributed by atoms with Crippen LogP contribution in [0.2, 0.25) is 10.0 Å².